The predicted octanol–water partition coefficient (Wildman–Crippen LogP) is 6.69. The maximum atomic E-state index is 13.3. The van der Waals surface area contributed by atoms with E-state index < -0.39 is 0 Å². The van der Waals surface area contributed by atoms with Crippen molar-refractivity contribution in [2.24, 2.45) is 0 Å². The summed E-state index contributed by atoms with van der Waals surface area (Å²) >= 11 is 0. The Labute approximate surface area is 163 Å². The second-order valence-corrected chi connectivity index (χ2v) is 6.92. The van der Waals surface area contributed by atoms with E-state index in [1.807, 2.05) is 13.1 Å². The number of nitrogens with zero attached hydrogens (tertiary/aromatic N) is 2. The smallest absolute Gasteiger partial charge is 0.123 e. The minimum Gasteiger partial charge on any atom is -0.345 e. The first-order valence-corrected chi connectivity index (χ1v) is 9.30. The van der Waals surface area contributed by atoms with Gasteiger partial charge in [0.2, 0.25) is 0 Å². The molecule has 0 atom stereocenters. The standard InChI is InChI=1S/C25H19FN2/c1-27(19-13-11-18(26)12-14-19)21-15-16-25-23(17-21)22-9-5-6-10-24(22)28(25)20-7-3-2-4-8-20/h2-17H,1H3. The number of para-hydroxylation sites is 2. The number of hydrogen-bond donors (Lipinski definition) is 0. The van der Waals surface area contributed by atoms with Crippen molar-refractivity contribution >= 4 is 33.2 Å². The Morgan fingerprint density at radius 1 is 0.643 bits per heavy atom. The summed E-state index contributed by atoms with van der Waals surface area (Å²) in [7, 11) is 2.00. The van der Waals surface area contributed by atoms with Crippen LogP contribution in [0, 0.1) is 5.82 Å². The first-order valence-electron chi connectivity index (χ1n) is 9.30. The van der Waals surface area contributed by atoms with E-state index in [4.69, 9.17) is 0 Å². The number of hydrogen-bond acceptors (Lipinski definition) is 1. The van der Waals surface area contributed by atoms with Crippen LogP contribution in [0.15, 0.2) is 97.1 Å². The highest BCUT2D eigenvalue weighted by molar-refractivity contribution is 6.10. The van der Waals surface area contributed by atoms with E-state index in [-0.39, 0.29) is 5.82 Å². The van der Waals surface area contributed by atoms with Crippen LogP contribution in [0.1, 0.15) is 0 Å². The average Bonchev–Trinajstić information content (AvgIpc) is 3.08. The molecule has 0 radical (unpaired) electrons. The molecule has 0 aliphatic rings. The van der Waals surface area contributed by atoms with Crippen LogP contribution in [0.2, 0.25) is 0 Å². The van der Waals surface area contributed by atoms with Gasteiger partial charge in [-0.2, -0.15) is 0 Å². The largest absolute Gasteiger partial charge is 0.345 e. The molecule has 0 saturated carbocycles. The fourth-order valence-electron chi connectivity index (χ4n) is 3.84. The molecule has 0 bridgehead atoms. The normalized spacial score (nSPS) is 11.2. The van der Waals surface area contributed by atoms with Crippen molar-refractivity contribution < 1.29 is 4.39 Å². The molecule has 0 spiro atoms. The Kier molecular flexibility index (Phi) is 3.87. The molecule has 0 aliphatic heterocycles. The third kappa shape index (κ3) is 2.64. The molecular formula is C25H19FN2. The molecule has 0 saturated heterocycles. The summed E-state index contributed by atoms with van der Waals surface area (Å²) in [5, 5.41) is 2.42. The monoisotopic (exact) mass is 366 g/mol. The summed E-state index contributed by atoms with van der Waals surface area (Å²) in [4.78, 5) is 2.08. The number of halogens is 1. The van der Waals surface area contributed by atoms with Crippen LogP contribution in [0.4, 0.5) is 15.8 Å². The van der Waals surface area contributed by atoms with Gasteiger partial charge in [0.05, 0.1) is 11.0 Å². The van der Waals surface area contributed by atoms with Gasteiger partial charge in [0.1, 0.15) is 5.82 Å². The lowest BCUT2D eigenvalue weighted by Crippen LogP contribution is -2.09. The van der Waals surface area contributed by atoms with Crippen LogP contribution in [0.5, 0.6) is 0 Å². The highest BCUT2D eigenvalue weighted by atomic mass is 19.1. The Morgan fingerprint density at radius 2 is 1.29 bits per heavy atom. The van der Waals surface area contributed by atoms with Crippen LogP contribution in [0.3, 0.4) is 0 Å². The van der Waals surface area contributed by atoms with Crippen LogP contribution < -0.4 is 4.90 Å². The molecule has 28 heavy (non-hydrogen) atoms. The molecule has 0 unspecified atom stereocenters. The minimum atomic E-state index is -0.224. The van der Waals surface area contributed by atoms with Gasteiger partial charge in [0.15, 0.2) is 0 Å². The van der Waals surface area contributed by atoms with E-state index in [0.717, 1.165) is 17.1 Å². The van der Waals surface area contributed by atoms with E-state index in [1.165, 1.54) is 33.9 Å². The summed E-state index contributed by atoms with van der Waals surface area (Å²) in [6.45, 7) is 0. The Hall–Kier alpha value is -3.59. The topological polar surface area (TPSA) is 8.17 Å². The van der Waals surface area contributed by atoms with E-state index >= 15 is 0 Å². The van der Waals surface area contributed by atoms with Gasteiger partial charge in [-0.05, 0) is 60.7 Å². The molecule has 2 nitrogen and oxygen atoms in total. The first kappa shape index (κ1) is 16.6. The number of fused-ring (bicyclic) bond motifs is 3. The third-order valence-electron chi connectivity index (χ3n) is 5.27. The van der Waals surface area contributed by atoms with Crippen LogP contribution in [-0.4, -0.2) is 11.6 Å². The molecule has 0 fully saturated rings. The number of rotatable bonds is 3. The molecule has 136 valence electrons. The van der Waals surface area contributed by atoms with Gasteiger partial charge in [0.25, 0.3) is 0 Å². The molecule has 1 aromatic heterocycles. The lowest BCUT2D eigenvalue weighted by Gasteiger charge is -2.20. The zero-order valence-electron chi connectivity index (χ0n) is 15.5. The summed E-state index contributed by atoms with van der Waals surface area (Å²) in [6, 6.07) is 32.0. The number of benzene rings is 4. The summed E-state index contributed by atoms with van der Waals surface area (Å²) in [5.41, 5.74) is 5.52. The van der Waals surface area contributed by atoms with E-state index in [9.17, 15) is 4.39 Å². The van der Waals surface area contributed by atoms with Crippen LogP contribution >= 0.6 is 0 Å². The molecule has 5 aromatic rings. The Bertz CT molecular complexity index is 1270. The maximum absolute atomic E-state index is 13.3. The molecule has 0 amide bonds. The molecule has 1 heterocycles. The highest BCUT2D eigenvalue weighted by Gasteiger charge is 2.13. The molecular weight excluding hydrogens is 347 g/mol. The van der Waals surface area contributed by atoms with Gasteiger partial charge >= 0.3 is 0 Å². The van der Waals surface area contributed by atoms with Gasteiger partial charge < -0.3 is 9.47 Å². The quantitative estimate of drug-likeness (QED) is 0.345. The Balaban J connectivity index is 1.72. The maximum Gasteiger partial charge on any atom is 0.123 e. The van der Waals surface area contributed by atoms with Crippen molar-refractivity contribution in [3.05, 3.63) is 103 Å². The molecule has 0 aliphatic carbocycles. The summed E-state index contributed by atoms with van der Waals surface area (Å²) < 4.78 is 15.6. The molecule has 4 aromatic carbocycles. The third-order valence-corrected chi connectivity index (χ3v) is 5.27. The SMILES string of the molecule is CN(c1ccc(F)cc1)c1ccc2c(c1)c1ccccc1n2-c1ccccc1. The van der Waals surface area contributed by atoms with Crippen LogP contribution in [0.25, 0.3) is 27.5 Å². The van der Waals surface area contributed by atoms with E-state index in [0.29, 0.717) is 0 Å². The second kappa shape index (κ2) is 6.54. The van der Waals surface area contributed by atoms with Gasteiger partial charge in [-0.25, -0.2) is 4.39 Å². The van der Waals surface area contributed by atoms with E-state index in [1.54, 1.807) is 12.1 Å². The molecule has 5 rings (SSSR count). The number of anilines is 2. The van der Waals surface area contributed by atoms with Gasteiger partial charge in [-0.1, -0.05) is 36.4 Å². The highest BCUT2D eigenvalue weighted by Crippen LogP contribution is 2.35. The van der Waals surface area contributed by atoms with Gasteiger partial charge in [-0.15, -0.1) is 0 Å². The fourth-order valence-corrected chi connectivity index (χ4v) is 3.84. The van der Waals surface area contributed by atoms with Gasteiger partial charge in [0, 0.05) is 34.9 Å². The molecule has 0 N–H and O–H groups in total. The zero-order valence-corrected chi connectivity index (χ0v) is 15.5. The van der Waals surface area contributed by atoms with Crippen molar-refractivity contribution in [2.45, 2.75) is 0 Å². The minimum absolute atomic E-state index is 0.224. The zero-order chi connectivity index (χ0) is 19.1. The fraction of sp³-hybridized carbons (Fsp3) is 0.0400. The van der Waals surface area contributed by atoms with Crippen molar-refractivity contribution in [1.29, 1.82) is 0 Å². The summed E-state index contributed by atoms with van der Waals surface area (Å²) in [5.74, 6) is -0.224. The van der Waals surface area contributed by atoms with E-state index in [2.05, 4.69) is 76.2 Å². The average molecular weight is 366 g/mol. The van der Waals surface area contributed by atoms with Crippen molar-refractivity contribution in [3.8, 4) is 5.69 Å². The predicted molar refractivity (Wildman–Crippen MR) is 115 cm³/mol. The summed E-state index contributed by atoms with van der Waals surface area (Å²) in [6.07, 6.45) is 0. The van der Waals surface area contributed by atoms with Crippen LogP contribution in [-0.2, 0) is 0 Å². The Morgan fingerprint density at radius 3 is 2.07 bits per heavy atom. The van der Waals surface area contributed by atoms with Gasteiger partial charge in [-0.3, -0.25) is 0 Å². The second-order valence-electron chi connectivity index (χ2n) is 6.92. The number of aromatic nitrogens is 1. The van der Waals surface area contributed by atoms with Crippen molar-refractivity contribution in [2.75, 3.05) is 11.9 Å². The van der Waals surface area contributed by atoms with Crippen molar-refractivity contribution in [1.82, 2.24) is 4.57 Å². The molecule has 3 heteroatoms. The first-order chi connectivity index (χ1) is 13.7. The lowest BCUT2D eigenvalue weighted by atomic mass is 10.1. The van der Waals surface area contributed by atoms with Crippen molar-refractivity contribution in [3.63, 3.8) is 0 Å². The lowest BCUT2D eigenvalue weighted by molar-refractivity contribution is 0.628.